The molecule has 0 spiro atoms. The molecule has 0 aliphatic heterocycles. The number of hydrogen-bond acceptors (Lipinski definition) is 4. The van der Waals surface area contributed by atoms with Crippen molar-refractivity contribution in [1.29, 1.82) is 0 Å². The van der Waals surface area contributed by atoms with Crippen molar-refractivity contribution in [3.63, 3.8) is 0 Å². The van der Waals surface area contributed by atoms with Gasteiger partial charge < -0.3 is 9.73 Å². The molecular formula is C12H22N2OS. The largest absolute Gasteiger partial charge is 0.440 e. The summed E-state index contributed by atoms with van der Waals surface area (Å²) in [4.78, 5) is 4.25. The Bertz CT molecular complexity index is 286. The molecule has 1 rings (SSSR count). The standard InChI is InChI=1S/C12H22N2OS/c1-10(2)8-13-6-4-5-7-16-12-14-11(3)9-15-12/h9-10,13H,4-8H2,1-3H3. The first-order chi connectivity index (χ1) is 7.68. The molecule has 92 valence electrons. The van der Waals surface area contributed by atoms with E-state index in [1.165, 1.54) is 12.8 Å². The number of rotatable bonds is 8. The molecule has 1 heterocycles. The zero-order valence-corrected chi connectivity index (χ0v) is 11.3. The Hall–Kier alpha value is -0.480. The number of nitrogens with one attached hydrogen (secondary N) is 1. The van der Waals surface area contributed by atoms with Gasteiger partial charge in [0.1, 0.15) is 6.26 Å². The fraction of sp³-hybridized carbons (Fsp3) is 0.750. The van der Waals surface area contributed by atoms with E-state index in [-0.39, 0.29) is 0 Å². The molecule has 16 heavy (non-hydrogen) atoms. The highest BCUT2D eigenvalue weighted by Crippen LogP contribution is 2.17. The van der Waals surface area contributed by atoms with Crippen LogP contribution >= 0.6 is 11.8 Å². The lowest BCUT2D eigenvalue weighted by atomic mass is 10.2. The van der Waals surface area contributed by atoms with Crippen LogP contribution in [-0.2, 0) is 0 Å². The van der Waals surface area contributed by atoms with Crippen LogP contribution in [0.1, 0.15) is 32.4 Å². The third kappa shape index (κ3) is 6.18. The molecule has 0 unspecified atom stereocenters. The van der Waals surface area contributed by atoms with E-state index in [1.807, 2.05) is 6.92 Å². The Labute approximate surface area is 102 Å². The second kappa shape index (κ2) is 7.74. The molecule has 1 N–H and O–H groups in total. The van der Waals surface area contributed by atoms with E-state index in [0.29, 0.717) is 0 Å². The smallest absolute Gasteiger partial charge is 0.255 e. The first-order valence-corrected chi connectivity index (χ1v) is 6.92. The van der Waals surface area contributed by atoms with Gasteiger partial charge in [-0.3, -0.25) is 0 Å². The lowest BCUT2D eigenvalue weighted by molar-refractivity contribution is 0.453. The topological polar surface area (TPSA) is 38.1 Å². The van der Waals surface area contributed by atoms with E-state index in [4.69, 9.17) is 4.42 Å². The van der Waals surface area contributed by atoms with E-state index in [0.717, 1.165) is 35.7 Å². The molecule has 1 aromatic heterocycles. The highest BCUT2D eigenvalue weighted by Gasteiger charge is 2.00. The summed E-state index contributed by atoms with van der Waals surface area (Å²) < 4.78 is 5.26. The van der Waals surface area contributed by atoms with E-state index in [1.54, 1.807) is 18.0 Å². The second-order valence-electron chi connectivity index (χ2n) is 4.41. The predicted molar refractivity (Wildman–Crippen MR) is 68.9 cm³/mol. The van der Waals surface area contributed by atoms with Crippen molar-refractivity contribution in [3.8, 4) is 0 Å². The van der Waals surface area contributed by atoms with Crippen molar-refractivity contribution >= 4 is 11.8 Å². The van der Waals surface area contributed by atoms with Crippen molar-refractivity contribution in [2.75, 3.05) is 18.8 Å². The maximum absolute atomic E-state index is 5.26. The summed E-state index contributed by atoms with van der Waals surface area (Å²) in [6, 6.07) is 0. The van der Waals surface area contributed by atoms with Gasteiger partial charge in [-0.25, -0.2) is 4.98 Å². The van der Waals surface area contributed by atoms with E-state index < -0.39 is 0 Å². The highest BCUT2D eigenvalue weighted by atomic mass is 32.2. The minimum absolute atomic E-state index is 0.740. The molecule has 3 nitrogen and oxygen atoms in total. The first-order valence-electron chi connectivity index (χ1n) is 5.94. The Balaban J connectivity index is 1.92. The number of hydrogen-bond donors (Lipinski definition) is 1. The molecule has 0 saturated heterocycles. The summed E-state index contributed by atoms with van der Waals surface area (Å²) in [6.07, 6.45) is 4.13. The summed E-state index contributed by atoms with van der Waals surface area (Å²) in [5.41, 5.74) is 0.959. The summed E-state index contributed by atoms with van der Waals surface area (Å²) >= 11 is 1.70. The average molecular weight is 242 g/mol. The Kier molecular flexibility index (Phi) is 6.57. The van der Waals surface area contributed by atoms with Gasteiger partial charge in [-0.2, -0.15) is 0 Å². The fourth-order valence-corrected chi connectivity index (χ4v) is 2.15. The van der Waals surface area contributed by atoms with Gasteiger partial charge in [0.05, 0.1) is 5.69 Å². The summed E-state index contributed by atoms with van der Waals surface area (Å²) in [5, 5.41) is 4.24. The van der Waals surface area contributed by atoms with Crippen LogP contribution in [-0.4, -0.2) is 23.8 Å². The average Bonchev–Trinajstić information content (AvgIpc) is 2.62. The molecule has 1 aromatic rings. The second-order valence-corrected chi connectivity index (χ2v) is 5.45. The van der Waals surface area contributed by atoms with Crippen molar-refractivity contribution in [2.45, 2.75) is 38.8 Å². The van der Waals surface area contributed by atoms with Crippen molar-refractivity contribution in [1.82, 2.24) is 10.3 Å². The number of oxazole rings is 1. The molecule has 4 heteroatoms. The zero-order chi connectivity index (χ0) is 11.8. The van der Waals surface area contributed by atoms with Crippen LogP contribution in [0.2, 0.25) is 0 Å². The van der Waals surface area contributed by atoms with Crippen molar-refractivity contribution in [2.24, 2.45) is 5.92 Å². The predicted octanol–water partition coefficient (Wildman–Crippen LogP) is 3.10. The van der Waals surface area contributed by atoms with E-state index in [9.17, 15) is 0 Å². The summed E-state index contributed by atoms with van der Waals surface area (Å²) in [5.74, 6) is 1.83. The molecule has 0 aromatic carbocycles. The van der Waals surface area contributed by atoms with Gasteiger partial charge in [-0.1, -0.05) is 25.6 Å². The molecule has 0 aliphatic carbocycles. The van der Waals surface area contributed by atoms with Gasteiger partial charge in [-0.05, 0) is 38.8 Å². The number of thioether (sulfide) groups is 1. The summed E-state index contributed by atoms with van der Waals surface area (Å²) in [6.45, 7) is 8.64. The van der Waals surface area contributed by atoms with Crippen LogP contribution in [0.5, 0.6) is 0 Å². The lowest BCUT2D eigenvalue weighted by Crippen LogP contribution is -2.20. The lowest BCUT2D eigenvalue weighted by Gasteiger charge is -2.06. The monoisotopic (exact) mass is 242 g/mol. The Morgan fingerprint density at radius 3 is 2.88 bits per heavy atom. The Morgan fingerprint density at radius 1 is 1.44 bits per heavy atom. The van der Waals surface area contributed by atoms with Crippen molar-refractivity contribution in [3.05, 3.63) is 12.0 Å². The van der Waals surface area contributed by atoms with Gasteiger partial charge in [0.15, 0.2) is 0 Å². The van der Waals surface area contributed by atoms with Crippen LogP contribution in [0, 0.1) is 12.8 Å². The number of unbranched alkanes of at least 4 members (excludes halogenated alkanes) is 1. The number of aromatic nitrogens is 1. The van der Waals surface area contributed by atoms with Gasteiger partial charge in [0, 0.05) is 5.75 Å². The quantitative estimate of drug-likeness (QED) is 0.561. The minimum atomic E-state index is 0.740. The summed E-state index contributed by atoms with van der Waals surface area (Å²) in [7, 11) is 0. The van der Waals surface area contributed by atoms with Crippen LogP contribution in [0.15, 0.2) is 15.9 Å². The van der Waals surface area contributed by atoms with Crippen LogP contribution in [0.25, 0.3) is 0 Å². The molecule has 0 aliphatic rings. The van der Waals surface area contributed by atoms with Gasteiger partial charge >= 0.3 is 0 Å². The maximum Gasteiger partial charge on any atom is 0.255 e. The molecule has 0 atom stereocenters. The third-order valence-electron chi connectivity index (χ3n) is 2.12. The van der Waals surface area contributed by atoms with Crippen LogP contribution < -0.4 is 5.32 Å². The van der Waals surface area contributed by atoms with Crippen LogP contribution in [0.3, 0.4) is 0 Å². The SMILES string of the molecule is Cc1coc(SCCCCNCC(C)C)n1. The maximum atomic E-state index is 5.26. The van der Waals surface area contributed by atoms with Crippen LogP contribution in [0.4, 0.5) is 0 Å². The number of nitrogens with zero attached hydrogens (tertiary/aromatic N) is 1. The first kappa shape index (κ1) is 13.6. The zero-order valence-electron chi connectivity index (χ0n) is 10.5. The minimum Gasteiger partial charge on any atom is -0.440 e. The molecule has 0 radical (unpaired) electrons. The molecule has 0 saturated carbocycles. The molecular weight excluding hydrogens is 220 g/mol. The van der Waals surface area contributed by atoms with Gasteiger partial charge in [0.2, 0.25) is 0 Å². The van der Waals surface area contributed by atoms with E-state index in [2.05, 4.69) is 24.1 Å². The molecule has 0 amide bonds. The van der Waals surface area contributed by atoms with Gasteiger partial charge in [-0.15, -0.1) is 0 Å². The fourth-order valence-electron chi connectivity index (χ4n) is 1.30. The Morgan fingerprint density at radius 2 is 2.25 bits per heavy atom. The normalized spacial score (nSPS) is 11.2. The third-order valence-corrected chi connectivity index (χ3v) is 3.05. The van der Waals surface area contributed by atoms with Crippen molar-refractivity contribution < 1.29 is 4.42 Å². The molecule has 0 bridgehead atoms. The highest BCUT2D eigenvalue weighted by molar-refractivity contribution is 7.99. The molecule has 0 fully saturated rings. The van der Waals surface area contributed by atoms with Gasteiger partial charge in [0.25, 0.3) is 5.22 Å². The number of aryl methyl sites for hydroxylation is 1. The van der Waals surface area contributed by atoms with E-state index >= 15 is 0 Å².